The van der Waals surface area contributed by atoms with Crippen molar-refractivity contribution in [1.82, 2.24) is 0 Å². The first-order valence-electron chi connectivity index (χ1n) is 11.4. The zero-order valence-electron chi connectivity index (χ0n) is 17.5. The molecule has 4 heteroatoms. The number of unbranched alkanes of at least 4 members (excludes halogenated alkanes) is 1. The van der Waals surface area contributed by atoms with E-state index in [1.807, 2.05) is 0 Å². The molecule has 0 amide bonds. The van der Waals surface area contributed by atoms with Gasteiger partial charge in [0.2, 0.25) is 0 Å². The van der Waals surface area contributed by atoms with E-state index >= 15 is 0 Å². The molecular formula is C25H34F4. The van der Waals surface area contributed by atoms with Gasteiger partial charge in [-0.15, -0.1) is 0 Å². The van der Waals surface area contributed by atoms with Crippen LogP contribution in [0.4, 0.5) is 17.6 Å². The number of benzene rings is 1. The van der Waals surface area contributed by atoms with Crippen LogP contribution in [0.1, 0.15) is 88.2 Å². The molecule has 0 radical (unpaired) electrons. The quantitative estimate of drug-likeness (QED) is 0.412. The zero-order chi connectivity index (χ0) is 20.9. The SMILES string of the molecule is CCCCc1ccc(C2CCC(C3CCC(C(F)=CC(F)(F)F)CC3)CC2)cc1. The highest BCUT2D eigenvalue weighted by Gasteiger charge is 2.34. The Morgan fingerprint density at radius 1 is 0.897 bits per heavy atom. The summed E-state index contributed by atoms with van der Waals surface area (Å²) in [6, 6.07) is 9.16. The van der Waals surface area contributed by atoms with E-state index in [9.17, 15) is 17.6 Å². The number of allylic oxidation sites excluding steroid dienone is 2. The first-order valence-corrected chi connectivity index (χ1v) is 11.4. The largest absolute Gasteiger partial charge is 0.412 e. The van der Waals surface area contributed by atoms with Crippen molar-refractivity contribution in [3.8, 4) is 0 Å². The molecule has 0 heterocycles. The molecule has 1 aromatic rings. The minimum atomic E-state index is -4.55. The van der Waals surface area contributed by atoms with Crippen LogP contribution < -0.4 is 0 Å². The molecule has 0 spiro atoms. The lowest BCUT2D eigenvalue weighted by Crippen LogP contribution is -2.26. The Balaban J connectivity index is 1.45. The Morgan fingerprint density at radius 3 is 1.97 bits per heavy atom. The van der Waals surface area contributed by atoms with Crippen LogP contribution in [0.3, 0.4) is 0 Å². The average Bonchev–Trinajstić information content (AvgIpc) is 2.72. The van der Waals surface area contributed by atoms with Crippen LogP contribution >= 0.6 is 0 Å². The predicted molar refractivity (Wildman–Crippen MR) is 110 cm³/mol. The predicted octanol–water partition coefficient (Wildman–Crippen LogP) is 8.53. The highest BCUT2D eigenvalue weighted by Crippen LogP contribution is 2.45. The minimum absolute atomic E-state index is 0.142. The maximum absolute atomic E-state index is 13.8. The molecule has 0 saturated heterocycles. The van der Waals surface area contributed by atoms with Gasteiger partial charge in [-0.3, -0.25) is 0 Å². The van der Waals surface area contributed by atoms with Gasteiger partial charge < -0.3 is 0 Å². The third-order valence-electron chi connectivity index (χ3n) is 7.17. The summed E-state index contributed by atoms with van der Waals surface area (Å²) in [7, 11) is 0. The van der Waals surface area contributed by atoms with Crippen molar-refractivity contribution in [1.29, 1.82) is 0 Å². The normalized spacial score (nSPS) is 29.1. The van der Waals surface area contributed by atoms with Crippen molar-refractivity contribution >= 4 is 0 Å². The van der Waals surface area contributed by atoms with E-state index in [0.29, 0.717) is 30.6 Å². The Hall–Kier alpha value is -1.32. The summed E-state index contributed by atoms with van der Waals surface area (Å²) in [6.07, 6.45) is 6.55. The molecule has 0 nitrogen and oxygen atoms in total. The van der Waals surface area contributed by atoms with Crippen LogP contribution in [0.15, 0.2) is 36.2 Å². The van der Waals surface area contributed by atoms with Crippen molar-refractivity contribution in [3.05, 3.63) is 47.3 Å². The van der Waals surface area contributed by atoms with Crippen LogP contribution in [0, 0.1) is 17.8 Å². The molecule has 2 aliphatic rings. The molecule has 0 unspecified atom stereocenters. The van der Waals surface area contributed by atoms with E-state index < -0.39 is 17.9 Å². The molecule has 29 heavy (non-hydrogen) atoms. The summed E-state index contributed by atoms with van der Waals surface area (Å²) >= 11 is 0. The highest BCUT2D eigenvalue weighted by molar-refractivity contribution is 5.26. The molecule has 0 atom stereocenters. The average molecular weight is 411 g/mol. The van der Waals surface area contributed by atoms with Crippen molar-refractivity contribution in [2.45, 2.75) is 89.6 Å². The summed E-state index contributed by atoms with van der Waals surface area (Å²) in [5, 5.41) is 0. The first kappa shape index (κ1) is 22.4. The van der Waals surface area contributed by atoms with Crippen molar-refractivity contribution in [3.63, 3.8) is 0 Å². The fourth-order valence-electron chi connectivity index (χ4n) is 5.40. The summed E-state index contributed by atoms with van der Waals surface area (Å²) in [6.45, 7) is 2.22. The molecule has 0 N–H and O–H groups in total. The first-order chi connectivity index (χ1) is 13.9. The van der Waals surface area contributed by atoms with Crippen LogP contribution in [0.25, 0.3) is 0 Å². The van der Waals surface area contributed by atoms with E-state index in [-0.39, 0.29) is 6.08 Å². The number of hydrogen-bond donors (Lipinski definition) is 0. The molecule has 1 aromatic carbocycles. The smallest absolute Gasteiger partial charge is 0.212 e. The number of hydrogen-bond acceptors (Lipinski definition) is 0. The monoisotopic (exact) mass is 410 g/mol. The van der Waals surface area contributed by atoms with Crippen molar-refractivity contribution in [2.24, 2.45) is 17.8 Å². The van der Waals surface area contributed by atoms with Gasteiger partial charge in [0.1, 0.15) is 5.83 Å². The number of aryl methyl sites for hydroxylation is 1. The Morgan fingerprint density at radius 2 is 1.45 bits per heavy atom. The van der Waals surface area contributed by atoms with E-state index in [1.165, 1.54) is 49.7 Å². The number of halogens is 4. The fourth-order valence-corrected chi connectivity index (χ4v) is 5.40. The molecule has 2 saturated carbocycles. The highest BCUT2D eigenvalue weighted by atomic mass is 19.4. The third kappa shape index (κ3) is 6.58. The maximum Gasteiger partial charge on any atom is 0.412 e. The molecule has 0 aliphatic heterocycles. The van der Waals surface area contributed by atoms with Gasteiger partial charge in [0, 0.05) is 5.92 Å². The van der Waals surface area contributed by atoms with Crippen molar-refractivity contribution < 1.29 is 17.6 Å². The van der Waals surface area contributed by atoms with Crippen LogP contribution in [-0.2, 0) is 6.42 Å². The van der Waals surface area contributed by atoms with Gasteiger partial charge in [0.25, 0.3) is 0 Å². The maximum atomic E-state index is 13.8. The van der Waals surface area contributed by atoms with E-state index in [2.05, 4.69) is 31.2 Å². The number of rotatable bonds is 6. The third-order valence-corrected chi connectivity index (χ3v) is 7.17. The van der Waals surface area contributed by atoms with Crippen LogP contribution in [0.5, 0.6) is 0 Å². The second kappa shape index (κ2) is 10.1. The van der Waals surface area contributed by atoms with Crippen molar-refractivity contribution in [2.75, 3.05) is 0 Å². The van der Waals surface area contributed by atoms with Gasteiger partial charge in [-0.1, -0.05) is 37.6 Å². The van der Waals surface area contributed by atoms with Gasteiger partial charge >= 0.3 is 6.18 Å². The Bertz CT molecular complexity index is 642. The summed E-state index contributed by atoms with van der Waals surface area (Å²) < 4.78 is 50.9. The molecular weight excluding hydrogens is 376 g/mol. The lowest BCUT2D eigenvalue weighted by Gasteiger charge is -2.37. The topological polar surface area (TPSA) is 0 Å². The summed E-state index contributed by atoms with van der Waals surface area (Å²) in [4.78, 5) is 0. The molecule has 3 rings (SSSR count). The molecule has 2 fully saturated rings. The van der Waals surface area contributed by atoms with Gasteiger partial charge in [0.05, 0.1) is 6.08 Å². The Labute approximate surface area is 172 Å². The summed E-state index contributed by atoms with van der Waals surface area (Å²) in [5.74, 6) is 0.348. The van der Waals surface area contributed by atoms with Gasteiger partial charge in [-0.25, -0.2) is 4.39 Å². The second-order valence-corrected chi connectivity index (χ2v) is 9.14. The second-order valence-electron chi connectivity index (χ2n) is 9.14. The van der Waals surface area contributed by atoms with E-state index in [0.717, 1.165) is 19.3 Å². The van der Waals surface area contributed by atoms with Crippen LogP contribution in [-0.4, -0.2) is 6.18 Å². The lowest BCUT2D eigenvalue weighted by molar-refractivity contribution is -0.0821. The zero-order valence-corrected chi connectivity index (χ0v) is 17.5. The Kier molecular flexibility index (Phi) is 7.81. The summed E-state index contributed by atoms with van der Waals surface area (Å²) in [5.41, 5.74) is 2.87. The standard InChI is InChI=1S/C25H34F4/c1-2-3-4-18-5-7-19(8-6-18)20-9-11-21(12-10-20)22-13-15-23(16-14-22)24(26)17-25(27,28)29/h5-8,17,20-23H,2-4,9-16H2,1H3. The molecule has 0 bridgehead atoms. The van der Waals surface area contributed by atoms with E-state index in [1.54, 1.807) is 0 Å². The fraction of sp³-hybridized carbons (Fsp3) is 0.680. The van der Waals surface area contributed by atoms with Gasteiger partial charge in [0.15, 0.2) is 0 Å². The molecule has 0 aromatic heterocycles. The minimum Gasteiger partial charge on any atom is -0.212 e. The molecule has 2 aliphatic carbocycles. The van der Waals surface area contributed by atoms with Gasteiger partial charge in [-0.2, -0.15) is 13.2 Å². The van der Waals surface area contributed by atoms with E-state index in [4.69, 9.17) is 0 Å². The van der Waals surface area contributed by atoms with Gasteiger partial charge in [-0.05, 0) is 93.1 Å². The molecule has 162 valence electrons. The lowest BCUT2D eigenvalue weighted by atomic mass is 9.68. The number of alkyl halides is 3. The van der Waals surface area contributed by atoms with Crippen LogP contribution in [0.2, 0.25) is 0 Å².